The largest absolute Gasteiger partial charge is 0.489 e. The first kappa shape index (κ1) is 28.7. The molecule has 0 saturated heterocycles. The number of carboxylic acid groups (broad SMARTS) is 1. The van der Waals surface area contributed by atoms with Crippen LogP contribution in [0.2, 0.25) is 0 Å². The second-order valence-electron chi connectivity index (χ2n) is 7.65. The molecule has 1 heterocycles. The number of carbonyl (C=O) groups excluding carboxylic acids is 2. The third kappa shape index (κ3) is 8.89. The minimum atomic E-state index is -3.84. The molecule has 14 heteroatoms. The lowest BCUT2D eigenvalue weighted by Gasteiger charge is -2.11. The summed E-state index contributed by atoms with van der Waals surface area (Å²) in [4.78, 5) is 38.2. The van der Waals surface area contributed by atoms with Crippen molar-refractivity contribution in [3.8, 4) is 5.75 Å². The van der Waals surface area contributed by atoms with Crippen LogP contribution in [0.3, 0.4) is 0 Å². The Morgan fingerprint density at radius 2 is 1.67 bits per heavy atom. The molecule has 0 fully saturated rings. The van der Waals surface area contributed by atoms with Gasteiger partial charge in [-0.1, -0.05) is 6.07 Å². The Hall–Kier alpha value is -4.85. The molecular weight excluding hydrogens is 532 g/mol. The van der Waals surface area contributed by atoms with Crippen molar-refractivity contribution in [2.24, 2.45) is 10.2 Å². The molecule has 0 atom stereocenters. The number of azo groups is 1. The first-order chi connectivity index (χ1) is 18.7. The predicted octanol–water partition coefficient (Wildman–Crippen LogP) is 3.87. The van der Waals surface area contributed by atoms with Crippen LogP contribution in [-0.2, 0) is 29.1 Å². The van der Waals surface area contributed by atoms with E-state index >= 15 is 0 Å². The molecule has 3 aromatic rings. The number of rotatable bonds is 13. The van der Waals surface area contributed by atoms with E-state index in [0.29, 0.717) is 5.69 Å². The molecule has 2 aromatic carbocycles. The second-order valence-corrected chi connectivity index (χ2v) is 9.33. The summed E-state index contributed by atoms with van der Waals surface area (Å²) in [5, 5.41) is 16.7. The zero-order chi connectivity index (χ0) is 28.3. The number of sulfonamides is 1. The number of hydrogen-bond donors (Lipinski definition) is 2. The number of benzene rings is 2. The van der Waals surface area contributed by atoms with Crippen molar-refractivity contribution in [1.82, 2.24) is 4.98 Å². The van der Waals surface area contributed by atoms with Crippen molar-refractivity contribution >= 4 is 45.1 Å². The Balaban J connectivity index is 1.63. The Kier molecular flexibility index (Phi) is 10.0. The van der Waals surface area contributed by atoms with E-state index in [9.17, 15) is 22.8 Å². The molecule has 0 aliphatic carbocycles. The third-order valence-corrected chi connectivity index (χ3v) is 6.22. The van der Waals surface area contributed by atoms with Crippen LogP contribution in [-0.4, -0.2) is 56.7 Å². The highest BCUT2D eigenvalue weighted by atomic mass is 32.2. The molecule has 3 rings (SSSR count). The minimum absolute atomic E-state index is 0.00847. The van der Waals surface area contributed by atoms with Crippen LogP contribution in [0.5, 0.6) is 5.75 Å². The number of nitrogens with one attached hydrogen (secondary N) is 1. The summed E-state index contributed by atoms with van der Waals surface area (Å²) in [5.41, 5.74) is 0.695. The van der Waals surface area contributed by atoms with E-state index in [0.717, 1.165) is 0 Å². The van der Waals surface area contributed by atoms with Gasteiger partial charge in [-0.25, -0.2) is 18.2 Å². The van der Waals surface area contributed by atoms with Gasteiger partial charge in [0.25, 0.3) is 10.0 Å². The van der Waals surface area contributed by atoms with Crippen molar-refractivity contribution in [2.45, 2.75) is 17.7 Å². The first-order valence-electron chi connectivity index (χ1n) is 11.4. The number of anilines is 1. The molecule has 0 unspecified atom stereocenters. The summed E-state index contributed by atoms with van der Waals surface area (Å²) in [6.07, 6.45) is 0.868. The highest BCUT2D eigenvalue weighted by Gasteiger charge is 2.16. The van der Waals surface area contributed by atoms with Crippen LogP contribution in [0, 0.1) is 0 Å². The molecular formula is C25H24N4O9S. The summed E-state index contributed by atoms with van der Waals surface area (Å²) in [6.45, 7) is -0.238. The topological polar surface area (TPSA) is 183 Å². The van der Waals surface area contributed by atoms with Gasteiger partial charge in [0.2, 0.25) is 0 Å². The van der Waals surface area contributed by atoms with E-state index < -0.39 is 27.9 Å². The predicted molar refractivity (Wildman–Crippen MR) is 137 cm³/mol. The van der Waals surface area contributed by atoms with Gasteiger partial charge >= 0.3 is 17.9 Å². The minimum Gasteiger partial charge on any atom is -0.489 e. The van der Waals surface area contributed by atoms with Crippen molar-refractivity contribution in [2.75, 3.05) is 25.0 Å². The van der Waals surface area contributed by atoms with Gasteiger partial charge in [-0.3, -0.25) is 14.3 Å². The first-order valence-corrected chi connectivity index (χ1v) is 12.8. The molecule has 0 aliphatic heterocycles. The van der Waals surface area contributed by atoms with E-state index in [2.05, 4.69) is 19.9 Å². The molecule has 0 saturated carbocycles. The summed E-state index contributed by atoms with van der Waals surface area (Å²) >= 11 is 0. The van der Waals surface area contributed by atoms with Gasteiger partial charge in [-0.2, -0.15) is 10.2 Å². The summed E-state index contributed by atoms with van der Waals surface area (Å²) in [7, 11) is -2.65. The summed E-state index contributed by atoms with van der Waals surface area (Å²) in [6, 6.07) is 14.9. The van der Waals surface area contributed by atoms with E-state index in [-0.39, 0.29) is 53.8 Å². The molecule has 204 valence electrons. The molecule has 0 aliphatic rings. The van der Waals surface area contributed by atoms with Crippen LogP contribution in [0.4, 0.5) is 17.2 Å². The molecule has 2 N–H and O–H groups in total. The fraction of sp³-hybridized carbons (Fsp3) is 0.200. The molecule has 0 amide bonds. The molecule has 39 heavy (non-hydrogen) atoms. The normalized spacial score (nSPS) is 11.1. The van der Waals surface area contributed by atoms with E-state index in [1.54, 1.807) is 12.1 Å². The maximum atomic E-state index is 12.5. The lowest BCUT2D eigenvalue weighted by Crippen LogP contribution is -2.14. The number of ether oxygens (including phenoxy) is 3. The highest BCUT2D eigenvalue weighted by Crippen LogP contribution is 2.27. The maximum Gasteiger partial charge on any atom is 0.341 e. The molecule has 13 nitrogen and oxygen atoms in total. The Bertz CT molecular complexity index is 1440. The molecule has 0 spiro atoms. The zero-order valence-corrected chi connectivity index (χ0v) is 21.5. The third-order valence-electron chi connectivity index (χ3n) is 4.85. The van der Waals surface area contributed by atoms with Gasteiger partial charge in [0.05, 0.1) is 36.2 Å². The van der Waals surface area contributed by atoms with Crippen LogP contribution in [0.1, 0.15) is 23.2 Å². The van der Waals surface area contributed by atoms with Crippen molar-refractivity contribution < 1.29 is 42.1 Å². The number of aliphatic carboxylic acids is 1. The van der Waals surface area contributed by atoms with Crippen molar-refractivity contribution in [1.29, 1.82) is 0 Å². The van der Waals surface area contributed by atoms with E-state index in [1.165, 1.54) is 61.8 Å². The number of methoxy groups -OCH3 is 1. The van der Waals surface area contributed by atoms with E-state index in [1.807, 2.05) is 0 Å². The number of carboxylic acids is 1. The monoisotopic (exact) mass is 556 g/mol. The second kappa shape index (κ2) is 13.6. The van der Waals surface area contributed by atoms with Gasteiger partial charge in [-0.05, 0) is 54.6 Å². The fourth-order valence-electron chi connectivity index (χ4n) is 2.99. The average Bonchev–Trinajstić information content (AvgIpc) is 2.93. The standard InChI is InChI=1S/C25H24N4O9S/c1-36-25(33)20-16-18(7-10-21(20)37-14-15-38-24(32)12-11-23(30)31)28-27-17-5-8-19(9-6-17)39(34,35)29-22-4-2-3-13-26-22/h2-10,13,16H,11-12,14-15H2,1H3,(H,26,29)(H,30,31). The molecule has 0 radical (unpaired) electrons. The average molecular weight is 557 g/mol. The molecule has 0 bridgehead atoms. The van der Waals surface area contributed by atoms with Gasteiger partial charge in [0.15, 0.2) is 0 Å². The van der Waals surface area contributed by atoms with Gasteiger partial charge < -0.3 is 19.3 Å². The van der Waals surface area contributed by atoms with Crippen molar-refractivity contribution in [3.05, 3.63) is 72.4 Å². The van der Waals surface area contributed by atoms with Crippen LogP contribution in [0.15, 0.2) is 82.0 Å². The maximum absolute atomic E-state index is 12.5. The summed E-state index contributed by atoms with van der Waals surface area (Å²) in [5.74, 6) is -2.15. The zero-order valence-electron chi connectivity index (χ0n) is 20.6. The van der Waals surface area contributed by atoms with Crippen molar-refractivity contribution in [3.63, 3.8) is 0 Å². The fourth-order valence-corrected chi connectivity index (χ4v) is 4.00. The van der Waals surface area contributed by atoms with E-state index in [4.69, 9.17) is 19.3 Å². The Morgan fingerprint density at radius 1 is 0.949 bits per heavy atom. The number of nitrogens with zero attached hydrogens (tertiary/aromatic N) is 3. The van der Waals surface area contributed by atoms with Crippen LogP contribution in [0.25, 0.3) is 0 Å². The number of pyridine rings is 1. The number of hydrogen-bond acceptors (Lipinski definition) is 11. The number of carbonyl (C=O) groups is 3. The lowest BCUT2D eigenvalue weighted by atomic mass is 10.2. The van der Waals surface area contributed by atoms with Gasteiger partial charge in [0, 0.05) is 6.20 Å². The highest BCUT2D eigenvalue weighted by molar-refractivity contribution is 7.92. The molecule has 1 aromatic heterocycles. The SMILES string of the molecule is COC(=O)c1cc(N=Nc2ccc(S(=O)(=O)Nc3ccccn3)cc2)ccc1OCCOC(=O)CCC(=O)O. The van der Waals surface area contributed by atoms with Crippen LogP contribution >= 0.6 is 0 Å². The smallest absolute Gasteiger partial charge is 0.341 e. The number of aromatic nitrogens is 1. The summed E-state index contributed by atoms with van der Waals surface area (Å²) < 4.78 is 42.6. The Labute approximate surface area is 223 Å². The van der Waals surface area contributed by atoms with Gasteiger partial charge in [0.1, 0.15) is 30.3 Å². The quantitative estimate of drug-likeness (QED) is 0.178. The Morgan fingerprint density at radius 3 is 2.33 bits per heavy atom. The van der Waals surface area contributed by atoms with Crippen LogP contribution < -0.4 is 9.46 Å². The van der Waals surface area contributed by atoms with Gasteiger partial charge in [-0.15, -0.1) is 0 Å². The lowest BCUT2D eigenvalue weighted by molar-refractivity contribution is -0.148. The number of esters is 2.